The van der Waals surface area contributed by atoms with E-state index >= 15 is 0 Å². The molecule has 8 heteroatoms. The SMILES string of the molecule is CC(Cc1ccccc1)(c1ccc(C(C)(Cc2ccccc2)c2ccc(C(=O)O)c(C(=O)O)c2)cc1)c1ccc(C(=O)O)c(C(=O)O)c1. The monoisotopic (exact) mass is 642 g/mol. The van der Waals surface area contributed by atoms with E-state index in [1.165, 1.54) is 24.3 Å². The fourth-order valence-corrected chi connectivity index (χ4v) is 6.46. The molecule has 48 heavy (non-hydrogen) atoms. The molecule has 0 fully saturated rings. The van der Waals surface area contributed by atoms with Crippen LogP contribution >= 0.6 is 0 Å². The lowest BCUT2D eigenvalue weighted by Gasteiger charge is -2.35. The molecule has 0 saturated heterocycles. The van der Waals surface area contributed by atoms with E-state index in [9.17, 15) is 39.6 Å². The van der Waals surface area contributed by atoms with E-state index in [4.69, 9.17) is 0 Å². The lowest BCUT2D eigenvalue weighted by atomic mass is 9.68. The predicted molar refractivity (Wildman–Crippen MR) is 180 cm³/mol. The topological polar surface area (TPSA) is 149 Å². The van der Waals surface area contributed by atoms with Crippen molar-refractivity contribution >= 4 is 23.9 Å². The van der Waals surface area contributed by atoms with Gasteiger partial charge < -0.3 is 20.4 Å². The van der Waals surface area contributed by atoms with Crippen molar-refractivity contribution in [2.75, 3.05) is 0 Å². The second-order valence-corrected chi connectivity index (χ2v) is 12.3. The summed E-state index contributed by atoms with van der Waals surface area (Å²) in [5.74, 6) is -5.32. The smallest absolute Gasteiger partial charge is 0.336 e. The molecule has 0 aliphatic heterocycles. The third-order valence-corrected chi connectivity index (χ3v) is 9.20. The summed E-state index contributed by atoms with van der Waals surface area (Å²) >= 11 is 0. The molecule has 0 bridgehead atoms. The van der Waals surface area contributed by atoms with Crippen LogP contribution in [0, 0.1) is 0 Å². The van der Waals surface area contributed by atoms with Crippen molar-refractivity contribution in [1.29, 1.82) is 0 Å². The summed E-state index contributed by atoms with van der Waals surface area (Å²) < 4.78 is 0. The molecule has 2 atom stereocenters. The van der Waals surface area contributed by atoms with Gasteiger partial charge in [0.2, 0.25) is 0 Å². The molecule has 2 unspecified atom stereocenters. The van der Waals surface area contributed by atoms with E-state index in [1.807, 2.05) is 98.8 Å². The number of hydrogen-bond acceptors (Lipinski definition) is 4. The Kier molecular flexibility index (Phi) is 9.29. The van der Waals surface area contributed by atoms with Crippen molar-refractivity contribution in [3.05, 3.63) is 177 Å². The average Bonchev–Trinajstić information content (AvgIpc) is 3.08. The Morgan fingerprint density at radius 1 is 0.417 bits per heavy atom. The summed E-state index contributed by atoms with van der Waals surface area (Å²) in [6.45, 7) is 3.98. The lowest BCUT2D eigenvalue weighted by Crippen LogP contribution is -2.29. The first kappa shape index (κ1) is 33.3. The number of aromatic carboxylic acids is 4. The van der Waals surface area contributed by atoms with Crippen LogP contribution in [0.5, 0.6) is 0 Å². The van der Waals surface area contributed by atoms with Crippen LogP contribution in [-0.4, -0.2) is 44.3 Å². The summed E-state index contributed by atoms with van der Waals surface area (Å²) in [5.41, 5.74) is 2.20. The Bertz CT molecular complexity index is 1860. The third kappa shape index (κ3) is 6.59. The minimum atomic E-state index is -1.34. The van der Waals surface area contributed by atoms with Crippen molar-refractivity contribution in [1.82, 2.24) is 0 Å². The van der Waals surface area contributed by atoms with Gasteiger partial charge in [-0.15, -0.1) is 0 Å². The van der Waals surface area contributed by atoms with Crippen molar-refractivity contribution < 1.29 is 39.6 Å². The molecule has 0 radical (unpaired) electrons. The molecule has 4 N–H and O–H groups in total. The lowest BCUT2D eigenvalue weighted by molar-refractivity contribution is 0.0651. The highest BCUT2D eigenvalue weighted by molar-refractivity contribution is 6.02. The molecule has 5 aromatic rings. The van der Waals surface area contributed by atoms with E-state index in [-0.39, 0.29) is 22.3 Å². The van der Waals surface area contributed by atoms with Crippen LogP contribution < -0.4 is 0 Å². The van der Waals surface area contributed by atoms with Gasteiger partial charge in [0.25, 0.3) is 0 Å². The quantitative estimate of drug-likeness (QED) is 0.109. The van der Waals surface area contributed by atoms with E-state index in [0.717, 1.165) is 22.3 Å². The van der Waals surface area contributed by atoms with E-state index in [1.54, 1.807) is 12.1 Å². The van der Waals surface area contributed by atoms with Gasteiger partial charge in [-0.3, -0.25) is 0 Å². The average molecular weight is 643 g/mol. The van der Waals surface area contributed by atoms with Gasteiger partial charge >= 0.3 is 23.9 Å². The highest BCUT2D eigenvalue weighted by Crippen LogP contribution is 2.41. The van der Waals surface area contributed by atoms with E-state index in [2.05, 4.69) is 0 Å². The molecule has 0 aliphatic rings. The van der Waals surface area contributed by atoms with Crippen molar-refractivity contribution in [3.63, 3.8) is 0 Å². The van der Waals surface area contributed by atoms with Crippen molar-refractivity contribution in [3.8, 4) is 0 Å². The Balaban J connectivity index is 1.67. The van der Waals surface area contributed by atoms with Gasteiger partial charge in [-0.2, -0.15) is 0 Å². The molecular weight excluding hydrogens is 608 g/mol. The fourth-order valence-electron chi connectivity index (χ4n) is 6.46. The summed E-state index contributed by atoms with van der Waals surface area (Å²) in [6, 6.07) is 36.1. The molecule has 8 nitrogen and oxygen atoms in total. The highest BCUT2D eigenvalue weighted by Gasteiger charge is 2.35. The predicted octanol–water partition coefficient (Wildman–Crippen LogP) is 7.58. The summed E-state index contributed by atoms with van der Waals surface area (Å²) in [7, 11) is 0. The van der Waals surface area contributed by atoms with Crippen LogP contribution in [0.4, 0.5) is 0 Å². The zero-order valence-corrected chi connectivity index (χ0v) is 26.4. The van der Waals surface area contributed by atoms with Crippen LogP contribution in [0.3, 0.4) is 0 Å². The third-order valence-electron chi connectivity index (χ3n) is 9.20. The maximum Gasteiger partial charge on any atom is 0.336 e. The number of benzene rings is 5. The number of carbonyl (C=O) groups is 4. The van der Waals surface area contributed by atoms with Gasteiger partial charge in [-0.1, -0.05) is 111 Å². The minimum absolute atomic E-state index is 0.296. The number of rotatable bonds is 12. The summed E-state index contributed by atoms with van der Waals surface area (Å²) in [5, 5.41) is 39.0. The Morgan fingerprint density at radius 2 is 0.708 bits per heavy atom. The first-order valence-corrected chi connectivity index (χ1v) is 15.2. The van der Waals surface area contributed by atoms with Crippen LogP contribution in [0.1, 0.15) is 88.7 Å². The standard InChI is InChI=1S/C40H34O8/c1-39(23-25-9-5-3-6-10-25,29-17-19-31(35(41)42)33(21-29)37(45)46)27-13-15-28(16-14-27)40(2,24-26-11-7-4-8-12-26)30-18-20-32(36(43)44)34(22-30)38(47)48/h3-22H,23-24H2,1-2H3,(H,41,42)(H,43,44)(H,45,46)(H,47,48). The zero-order chi connectivity index (χ0) is 34.6. The molecular formula is C40H34O8. The number of hydrogen-bond donors (Lipinski definition) is 4. The molecule has 5 rings (SSSR count). The maximum absolute atomic E-state index is 12.1. The minimum Gasteiger partial charge on any atom is -0.478 e. The molecule has 0 aromatic heterocycles. The largest absolute Gasteiger partial charge is 0.478 e. The molecule has 0 spiro atoms. The molecule has 242 valence electrons. The van der Waals surface area contributed by atoms with Crippen LogP contribution in [0.2, 0.25) is 0 Å². The van der Waals surface area contributed by atoms with Crippen LogP contribution in [0.25, 0.3) is 0 Å². The normalized spacial score (nSPS) is 13.5. The second kappa shape index (κ2) is 13.4. The molecule has 5 aromatic carbocycles. The molecule has 0 amide bonds. The van der Waals surface area contributed by atoms with Gasteiger partial charge in [0.05, 0.1) is 22.3 Å². The Hall–Kier alpha value is -6.02. The van der Waals surface area contributed by atoms with Gasteiger partial charge in [-0.25, -0.2) is 19.2 Å². The highest BCUT2D eigenvalue weighted by atomic mass is 16.4. The molecule has 0 aliphatic carbocycles. The van der Waals surface area contributed by atoms with E-state index < -0.39 is 34.7 Å². The number of carboxylic acid groups (broad SMARTS) is 4. The Labute approximate surface area is 277 Å². The van der Waals surface area contributed by atoms with Gasteiger partial charge in [0.15, 0.2) is 0 Å². The first-order chi connectivity index (χ1) is 22.8. The van der Waals surface area contributed by atoms with Gasteiger partial charge in [-0.05, 0) is 70.5 Å². The first-order valence-electron chi connectivity index (χ1n) is 15.2. The van der Waals surface area contributed by atoms with Gasteiger partial charge in [0.1, 0.15) is 0 Å². The fraction of sp³-hybridized carbons (Fsp3) is 0.150. The van der Waals surface area contributed by atoms with E-state index in [0.29, 0.717) is 24.0 Å². The van der Waals surface area contributed by atoms with Gasteiger partial charge in [0, 0.05) is 10.8 Å². The number of carboxylic acids is 4. The van der Waals surface area contributed by atoms with Crippen LogP contribution in [0.15, 0.2) is 121 Å². The second-order valence-electron chi connectivity index (χ2n) is 12.3. The molecule has 0 saturated carbocycles. The van der Waals surface area contributed by atoms with Crippen molar-refractivity contribution in [2.24, 2.45) is 0 Å². The maximum atomic E-state index is 12.1. The summed E-state index contributed by atoms with van der Waals surface area (Å²) in [4.78, 5) is 47.9. The zero-order valence-electron chi connectivity index (χ0n) is 26.4. The molecule has 0 heterocycles. The van der Waals surface area contributed by atoms with Crippen LogP contribution in [-0.2, 0) is 23.7 Å². The van der Waals surface area contributed by atoms with Crippen molar-refractivity contribution in [2.45, 2.75) is 37.5 Å². The summed E-state index contributed by atoms with van der Waals surface area (Å²) in [6.07, 6.45) is 0.969. The Morgan fingerprint density at radius 3 is 1.00 bits per heavy atom.